The van der Waals surface area contributed by atoms with Gasteiger partial charge >= 0.3 is 0 Å². The molecule has 0 spiro atoms. The minimum absolute atomic E-state index is 0.377. The second-order valence-electron chi connectivity index (χ2n) is 4.87. The van der Waals surface area contributed by atoms with Gasteiger partial charge in [0.05, 0.1) is 19.0 Å². The van der Waals surface area contributed by atoms with Crippen LogP contribution in [0.25, 0.3) is 0 Å². The van der Waals surface area contributed by atoms with Gasteiger partial charge in [0.25, 0.3) is 5.91 Å². The van der Waals surface area contributed by atoms with Gasteiger partial charge in [-0.1, -0.05) is 28.9 Å². The molecule has 0 aromatic heterocycles. The van der Waals surface area contributed by atoms with Crippen LogP contribution in [-0.2, 0) is 9.63 Å². The van der Waals surface area contributed by atoms with Gasteiger partial charge in [-0.3, -0.25) is 4.79 Å². The molecule has 2 aromatic carbocycles. The summed E-state index contributed by atoms with van der Waals surface area (Å²) in [5.41, 5.74) is 0.957. The number of nitrogens with one attached hydrogen (secondary N) is 1. The summed E-state index contributed by atoms with van der Waals surface area (Å²) in [6, 6.07) is 10.7. The average Bonchev–Trinajstić information content (AvgIpc) is 2.55. The summed E-state index contributed by atoms with van der Waals surface area (Å²) in [4.78, 5) is 17.2. The zero-order valence-electron chi connectivity index (χ0n) is 13.1. The molecule has 1 amide bonds. The second-order valence-corrected chi connectivity index (χ2v) is 5.31. The summed E-state index contributed by atoms with van der Waals surface area (Å²) in [6.45, 7) is 1.54. The summed E-state index contributed by atoms with van der Waals surface area (Å²) in [5.74, 6) is -0.326. The standard InChI is InChI=1S/C17H16ClFN2O3/c1-11(24-20-10-12-4-3-5-14(19)8-12)17(22)21-15-9-13(18)6-7-16(15)23-2/h3-11H,1-2H3,(H,21,22)/b20-10-/t11-/m0/s1. The van der Waals surface area contributed by atoms with Crippen molar-refractivity contribution in [1.82, 2.24) is 0 Å². The van der Waals surface area contributed by atoms with Gasteiger partial charge in [-0.05, 0) is 42.8 Å². The number of hydrogen-bond donors (Lipinski definition) is 1. The number of hydrogen-bond acceptors (Lipinski definition) is 4. The van der Waals surface area contributed by atoms with E-state index in [2.05, 4.69) is 10.5 Å². The number of rotatable bonds is 6. The molecule has 126 valence electrons. The fourth-order valence-electron chi connectivity index (χ4n) is 1.83. The van der Waals surface area contributed by atoms with Crippen LogP contribution in [0.3, 0.4) is 0 Å². The highest BCUT2D eigenvalue weighted by molar-refractivity contribution is 6.31. The normalized spacial score (nSPS) is 12.0. The molecule has 0 saturated heterocycles. The predicted molar refractivity (Wildman–Crippen MR) is 91.2 cm³/mol. The Kier molecular flexibility index (Phi) is 6.14. The van der Waals surface area contributed by atoms with Gasteiger partial charge in [0.1, 0.15) is 11.6 Å². The molecule has 0 unspecified atom stereocenters. The SMILES string of the molecule is COc1ccc(Cl)cc1NC(=O)[C@H](C)O/N=C\c1cccc(F)c1. The number of nitrogens with zero attached hydrogens (tertiary/aromatic N) is 1. The molecule has 0 saturated carbocycles. The van der Waals surface area contributed by atoms with E-state index in [0.717, 1.165) is 0 Å². The maximum absolute atomic E-state index is 13.0. The Morgan fingerprint density at radius 3 is 2.83 bits per heavy atom. The smallest absolute Gasteiger partial charge is 0.268 e. The Bertz CT molecular complexity index is 752. The largest absolute Gasteiger partial charge is 0.495 e. The lowest BCUT2D eigenvalue weighted by molar-refractivity contribution is -0.126. The molecular formula is C17H16ClFN2O3. The summed E-state index contributed by atoms with van der Waals surface area (Å²) >= 11 is 5.91. The summed E-state index contributed by atoms with van der Waals surface area (Å²) < 4.78 is 18.2. The topological polar surface area (TPSA) is 59.9 Å². The molecule has 0 aliphatic heterocycles. The molecule has 7 heteroatoms. The third-order valence-electron chi connectivity index (χ3n) is 3.06. The Hall–Kier alpha value is -2.60. The van der Waals surface area contributed by atoms with Crippen LogP contribution in [0, 0.1) is 5.82 Å². The highest BCUT2D eigenvalue weighted by Gasteiger charge is 2.16. The molecule has 0 aliphatic carbocycles. The number of benzene rings is 2. The fraction of sp³-hybridized carbons (Fsp3) is 0.176. The number of oxime groups is 1. The maximum Gasteiger partial charge on any atom is 0.268 e. The van der Waals surface area contributed by atoms with E-state index >= 15 is 0 Å². The minimum atomic E-state index is -0.863. The number of methoxy groups -OCH3 is 1. The van der Waals surface area contributed by atoms with E-state index in [-0.39, 0.29) is 5.82 Å². The van der Waals surface area contributed by atoms with E-state index in [1.807, 2.05) is 0 Å². The lowest BCUT2D eigenvalue weighted by Gasteiger charge is -2.13. The van der Waals surface area contributed by atoms with Crippen molar-refractivity contribution >= 4 is 29.4 Å². The highest BCUT2D eigenvalue weighted by Crippen LogP contribution is 2.27. The van der Waals surface area contributed by atoms with Crippen LogP contribution in [0.5, 0.6) is 5.75 Å². The molecule has 2 rings (SSSR count). The van der Waals surface area contributed by atoms with Crippen molar-refractivity contribution in [3.05, 3.63) is 58.9 Å². The van der Waals surface area contributed by atoms with Crippen LogP contribution in [-0.4, -0.2) is 25.3 Å². The van der Waals surface area contributed by atoms with Gasteiger partial charge < -0.3 is 14.9 Å². The van der Waals surface area contributed by atoms with E-state index in [9.17, 15) is 9.18 Å². The Morgan fingerprint density at radius 2 is 2.12 bits per heavy atom. The zero-order chi connectivity index (χ0) is 17.5. The Morgan fingerprint density at radius 1 is 1.33 bits per heavy atom. The molecule has 0 radical (unpaired) electrons. The predicted octanol–water partition coefficient (Wildman–Crippen LogP) is 3.87. The van der Waals surface area contributed by atoms with Gasteiger partial charge in [0, 0.05) is 5.02 Å². The molecule has 0 bridgehead atoms. The number of carbonyl (C=O) groups is 1. The van der Waals surface area contributed by atoms with E-state index in [0.29, 0.717) is 22.0 Å². The van der Waals surface area contributed by atoms with Crippen molar-refractivity contribution in [3.63, 3.8) is 0 Å². The first-order valence-electron chi connectivity index (χ1n) is 7.09. The fourth-order valence-corrected chi connectivity index (χ4v) is 2.00. The maximum atomic E-state index is 13.0. The summed E-state index contributed by atoms with van der Waals surface area (Å²) in [7, 11) is 1.49. The van der Waals surface area contributed by atoms with Gasteiger partial charge in [0.15, 0.2) is 0 Å². The zero-order valence-corrected chi connectivity index (χ0v) is 13.9. The van der Waals surface area contributed by atoms with Gasteiger partial charge in [-0.25, -0.2) is 4.39 Å². The molecule has 2 aromatic rings. The lowest BCUT2D eigenvalue weighted by Crippen LogP contribution is -2.26. The minimum Gasteiger partial charge on any atom is -0.495 e. The first-order chi connectivity index (χ1) is 11.5. The highest BCUT2D eigenvalue weighted by atomic mass is 35.5. The average molecular weight is 351 g/mol. The molecule has 0 fully saturated rings. The second kappa shape index (κ2) is 8.31. The van der Waals surface area contributed by atoms with E-state index in [4.69, 9.17) is 21.2 Å². The molecule has 1 N–H and O–H groups in total. The monoisotopic (exact) mass is 350 g/mol. The van der Waals surface area contributed by atoms with Crippen molar-refractivity contribution in [2.75, 3.05) is 12.4 Å². The first kappa shape index (κ1) is 17.7. The van der Waals surface area contributed by atoms with Crippen LogP contribution >= 0.6 is 11.6 Å². The number of ether oxygens (including phenoxy) is 1. The van der Waals surface area contributed by atoms with Gasteiger partial charge in [-0.15, -0.1) is 0 Å². The summed E-state index contributed by atoms with van der Waals surface area (Å²) in [5, 5.41) is 6.81. The number of halogens is 2. The number of anilines is 1. The van der Waals surface area contributed by atoms with Crippen LogP contribution in [0.15, 0.2) is 47.6 Å². The van der Waals surface area contributed by atoms with Crippen LogP contribution in [0.1, 0.15) is 12.5 Å². The molecule has 5 nitrogen and oxygen atoms in total. The number of carbonyl (C=O) groups excluding carboxylic acids is 1. The van der Waals surface area contributed by atoms with Crippen LogP contribution < -0.4 is 10.1 Å². The number of amides is 1. The van der Waals surface area contributed by atoms with Crippen molar-refractivity contribution in [2.45, 2.75) is 13.0 Å². The van der Waals surface area contributed by atoms with Gasteiger partial charge in [0.2, 0.25) is 6.10 Å². The van der Waals surface area contributed by atoms with Crippen molar-refractivity contribution in [2.24, 2.45) is 5.16 Å². The third-order valence-corrected chi connectivity index (χ3v) is 3.29. The van der Waals surface area contributed by atoms with Crippen LogP contribution in [0.4, 0.5) is 10.1 Å². The van der Waals surface area contributed by atoms with Crippen LogP contribution in [0.2, 0.25) is 5.02 Å². The Balaban J connectivity index is 1.96. The quantitative estimate of drug-likeness (QED) is 0.635. The Labute approximate surface area is 144 Å². The third kappa shape index (κ3) is 4.96. The van der Waals surface area contributed by atoms with E-state index < -0.39 is 12.0 Å². The first-order valence-corrected chi connectivity index (χ1v) is 7.46. The van der Waals surface area contributed by atoms with Gasteiger partial charge in [-0.2, -0.15) is 0 Å². The lowest BCUT2D eigenvalue weighted by atomic mass is 10.2. The molecule has 0 heterocycles. The van der Waals surface area contributed by atoms with Crippen molar-refractivity contribution in [3.8, 4) is 5.75 Å². The van der Waals surface area contributed by atoms with E-state index in [1.165, 1.54) is 32.4 Å². The van der Waals surface area contributed by atoms with Crippen molar-refractivity contribution < 1.29 is 18.8 Å². The molecule has 1 atom stereocenters. The molecule has 24 heavy (non-hydrogen) atoms. The molecular weight excluding hydrogens is 335 g/mol. The summed E-state index contributed by atoms with van der Waals surface area (Å²) in [6.07, 6.45) is 0.464. The van der Waals surface area contributed by atoms with Crippen molar-refractivity contribution in [1.29, 1.82) is 0 Å². The van der Waals surface area contributed by atoms with E-state index in [1.54, 1.807) is 30.3 Å². The molecule has 0 aliphatic rings.